The van der Waals surface area contributed by atoms with E-state index in [1.165, 1.54) is 6.92 Å². The van der Waals surface area contributed by atoms with Crippen LogP contribution in [0.3, 0.4) is 0 Å². The fraction of sp³-hybridized carbons (Fsp3) is 0.643. The fourth-order valence-corrected chi connectivity index (χ4v) is 2.84. The molecule has 1 aliphatic carbocycles. The van der Waals surface area contributed by atoms with E-state index in [9.17, 15) is 22.8 Å². The topological polar surface area (TPSA) is 84.2 Å². The molecule has 0 radical (unpaired) electrons. The van der Waals surface area contributed by atoms with E-state index in [2.05, 4.69) is 10.4 Å². The Morgan fingerprint density at radius 1 is 1.35 bits per heavy atom. The van der Waals surface area contributed by atoms with Crippen LogP contribution in [0.4, 0.5) is 13.2 Å². The molecule has 9 heteroatoms. The molecule has 1 aromatic heterocycles. The van der Waals surface area contributed by atoms with Gasteiger partial charge in [0.2, 0.25) is 0 Å². The molecule has 0 unspecified atom stereocenters. The highest BCUT2D eigenvalue weighted by atomic mass is 19.4. The maximum atomic E-state index is 13.1. The number of halogens is 3. The van der Waals surface area contributed by atoms with Crippen LogP contribution in [0.1, 0.15) is 48.7 Å². The van der Waals surface area contributed by atoms with E-state index in [1.54, 1.807) is 0 Å². The van der Waals surface area contributed by atoms with E-state index < -0.39 is 35.2 Å². The molecule has 0 atom stereocenters. The summed E-state index contributed by atoms with van der Waals surface area (Å²) < 4.78 is 40.1. The standard InChI is InChI=1S/C14H18F3N3O3/c1-2-20-11(14(15,16)17)10(7-18-20)12(21)19-9-5-3-8(4-6-9)13(22)23/h7-9H,2-6H2,1H3,(H,19,21)(H,22,23). The monoisotopic (exact) mass is 333 g/mol. The van der Waals surface area contributed by atoms with Crippen LogP contribution in [0.15, 0.2) is 6.20 Å². The zero-order chi connectivity index (χ0) is 17.2. The van der Waals surface area contributed by atoms with E-state index in [4.69, 9.17) is 5.11 Å². The van der Waals surface area contributed by atoms with Crippen molar-refractivity contribution in [3.8, 4) is 0 Å². The summed E-state index contributed by atoms with van der Waals surface area (Å²) in [7, 11) is 0. The third-order valence-corrected chi connectivity index (χ3v) is 4.06. The number of carbonyl (C=O) groups is 2. The highest BCUT2D eigenvalue weighted by Gasteiger charge is 2.40. The average Bonchev–Trinajstić information content (AvgIpc) is 2.92. The molecule has 0 aromatic carbocycles. The molecule has 1 aliphatic rings. The number of hydrogen-bond donors (Lipinski definition) is 2. The molecule has 1 fully saturated rings. The average molecular weight is 333 g/mol. The number of rotatable bonds is 4. The smallest absolute Gasteiger partial charge is 0.433 e. The molecule has 1 aromatic rings. The number of carboxylic acid groups (broad SMARTS) is 1. The highest BCUT2D eigenvalue weighted by Crippen LogP contribution is 2.32. The van der Waals surface area contributed by atoms with E-state index in [-0.39, 0.29) is 12.6 Å². The first kappa shape index (κ1) is 17.3. The lowest BCUT2D eigenvalue weighted by atomic mass is 9.86. The minimum Gasteiger partial charge on any atom is -0.481 e. The van der Waals surface area contributed by atoms with Crippen molar-refractivity contribution in [1.29, 1.82) is 0 Å². The number of aryl methyl sites for hydroxylation is 1. The molecule has 23 heavy (non-hydrogen) atoms. The minimum atomic E-state index is -4.67. The van der Waals surface area contributed by atoms with Crippen molar-refractivity contribution in [3.63, 3.8) is 0 Å². The number of amides is 1. The third-order valence-electron chi connectivity index (χ3n) is 4.06. The molecule has 2 N–H and O–H groups in total. The van der Waals surface area contributed by atoms with Crippen LogP contribution < -0.4 is 5.32 Å². The van der Waals surface area contributed by atoms with Crippen molar-refractivity contribution in [2.45, 2.75) is 51.4 Å². The van der Waals surface area contributed by atoms with Crippen molar-refractivity contribution in [3.05, 3.63) is 17.5 Å². The van der Waals surface area contributed by atoms with Gasteiger partial charge in [0.25, 0.3) is 5.91 Å². The molecule has 128 valence electrons. The molecule has 2 rings (SSSR count). The first-order chi connectivity index (χ1) is 10.7. The van der Waals surface area contributed by atoms with E-state index in [0.29, 0.717) is 25.7 Å². The van der Waals surface area contributed by atoms with E-state index in [0.717, 1.165) is 10.9 Å². The zero-order valence-corrected chi connectivity index (χ0v) is 12.6. The molecule has 0 aliphatic heterocycles. The number of hydrogen-bond acceptors (Lipinski definition) is 3. The number of aromatic nitrogens is 2. The molecule has 0 bridgehead atoms. The van der Waals surface area contributed by atoms with Crippen LogP contribution in [0, 0.1) is 5.92 Å². The lowest BCUT2D eigenvalue weighted by Crippen LogP contribution is -2.39. The summed E-state index contributed by atoms with van der Waals surface area (Å²) in [6.07, 6.45) is -2.07. The largest absolute Gasteiger partial charge is 0.481 e. The Kier molecular flexibility index (Phi) is 4.96. The lowest BCUT2D eigenvalue weighted by molar-refractivity contribution is -0.145. The van der Waals surface area contributed by atoms with Crippen molar-refractivity contribution in [2.75, 3.05) is 0 Å². The van der Waals surface area contributed by atoms with Crippen LogP contribution in [-0.4, -0.2) is 32.8 Å². The van der Waals surface area contributed by atoms with Crippen LogP contribution in [0.5, 0.6) is 0 Å². The summed E-state index contributed by atoms with van der Waals surface area (Å²) in [4.78, 5) is 23.0. The normalized spacial score (nSPS) is 21.9. The maximum absolute atomic E-state index is 13.1. The van der Waals surface area contributed by atoms with Gasteiger partial charge in [-0.2, -0.15) is 18.3 Å². The highest BCUT2D eigenvalue weighted by molar-refractivity contribution is 5.95. The first-order valence-electron chi connectivity index (χ1n) is 7.40. The molecule has 1 amide bonds. The van der Waals surface area contributed by atoms with Gasteiger partial charge in [-0.3, -0.25) is 14.3 Å². The van der Waals surface area contributed by atoms with Crippen LogP contribution >= 0.6 is 0 Å². The second kappa shape index (κ2) is 6.59. The summed E-state index contributed by atoms with van der Waals surface area (Å²) in [6, 6.07) is -0.316. The van der Waals surface area contributed by atoms with Gasteiger partial charge in [0, 0.05) is 12.6 Å². The van der Waals surface area contributed by atoms with Crippen molar-refractivity contribution >= 4 is 11.9 Å². The number of carboxylic acids is 1. The molecule has 0 spiro atoms. The molecular formula is C14H18F3N3O3. The molecule has 0 saturated heterocycles. The van der Waals surface area contributed by atoms with Gasteiger partial charge in [-0.15, -0.1) is 0 Å². The lowest BCUT2D eigenvalue weighted by Gasteiger charge is -2.26. The fourth-order valence-electron chi connectivity index (χ4n) is 2.84. The predicted octanol–water partition coefficient (Wildman–Crippen LogP) is 2.29. The van der Waals surface area contributed by atoms with Gasteiger partial charge in [-0.1, -0.05) is 0 Å². The van der Waals surface area contributed by atoms with Gasteiger partial charge in [0.05, 0.1) is 17.7 Å². The molecule has 6 nitrogen and oxygen atoms in total. The molecule has 1 heterocycles. The summed E-state index contributed by atoms with van der Waals surface area (Å²) in [5.41, 5.74) is -1.56. The van der Waals surface area contributed by atoms with Gasteiger partial charge in [0.1, 0.15) is 0 Å². The van der Waals surface area contributed by atoms with Gasteiger partial charge >= 0.3 is 12.1 Å². The van der Waals surface area contributed by atoms with Gasteiger partial charge < -0.3 is 10.4 Å². The summed E-state index contributed by atoms with van der Waals surface area (Å²) in [5, 5.41) is 15.1. The maximum Gasteiger partial charge on any atom is 0.433 e. The summed E-state index contributed by atoms with van der Waals surface area (Å²) >= 11 is 0. The number of alkyl halides is 3. The Morgan fingerprint density at radius 3 is 2.43 bits per heavy atom. The Labute approximate surface area is 130 Å². The third kappa shape index (κ3) is 3.83. The molecular weight excluding hydrogens is 315 g/mol. The Hall–Kier alpha value is -2.06. The zero-order valence-electron chi connectivity index (χ0n) is 12.6. The number of aliphatic carboxylic acids is 1. The number of carbonyl (C=O) groups excluding carboxylic acids is 1. The second-order valence-electron chi connectivity index (χ2n) is 5.58. The Bertz CT molecular complexity index is 590. The van der Waals surface area contributed by atoms with Crippen LogP contribution in [-0.2, 0) is 17.5 Å². The SMILES string of the molecule is CCn1ncc(C(=O)NC2CCC(C(=O)O)CC2)c1C(F)(F)F. The van der Waals surface area contributed by atoms with Crippen molar-refractivity contribution in [1.82, 2.24) is 15.1 Å². The van der Waals surface area contributed by atoms with Crippen molar-refractivity contribution < 1.29 is 27.9 Å². The van der Waals surface area contributed by atoms with Gasteiger partial charge in [-0.25, -0.2) is 0 Å². The Morgan fingerprint density at radius 2 is 1.96 bits per heavy atom. The van der Waals surface area contributed by atoms with E-state index >= 15 is 0 Å². The first-order valence-corrected chi connectivity index (χ1v) is 7.40. The van der Waals surface area contributed by atoms with Gasteiger partial charge in [-0.05, 0) is 32.6 Å². The Balaban J connectivity index is 2.08. The number of nitrogens with zero attached hydrogens (tertiary/aromatic N) is 2. The van der Waals surface area contributed by atoms with Gasteiger partial charge in [0.15, 0.2) is 5.69 Å². The van der Waals surface area contributed by atoms with Crippen LogP contribution in [0.25, 0.3) is 0 Å². The number of nitrogens with one attached hydrogen (secondary N) is 1. The van der Waals surface area contributed by atoms with E-state index in [1.807, 2.05) is 0 Å². The van der Waals surface area contributed by atoms with Crippen LogP contribution in [0.2, 0.25) is 0 Å². The summed E-state index contributed by atoms with van der Waals surface area (Å²) in [6.45, 7) is 1.52. The quantitative estimate of drug-likeness (QED) is 0.885. The summed E-state index contributed by atoms with van der Waals surface area (Å²) in [5.74, 6) is -2.15. The van der Waals surface area contributed by atoms with Crippen molar-refractivity contribution in [2.24, 2.45) is 5.92 Å². The predicted molar refractivity (Wildman–Crippen MR) is 73.8 cm³/mol. The second-order valence-corrected chi connectivity index (χ2v) is 5.58. The molecule has 1 saturated carbocycles. The minimum absolute atomic E-state index is 0.00580.